The molecule has 0 saturated carbocycles. The first kappa shape index (κ1) is 21.6. The summed E-state index contributed by atoms with van der Waals surface area (Å²) in [6.07, 6.45) is 6.48. The number of carbonyl (C=O) groups excluding carboxylic acids is 1. The van der Waals surface area contributed by atoms with E-state index in [0.717, 1.165) is 49.8 Å². The second kappa shape index (κ2) is 11.1. The third-order valence-electron chi connectivity index (χ3n) is 5.11. The zero-order valence-corrected chi connectivity index (χ0v) is 17.5. The zero-order chi connectivity index (χ0) is 21.2. The van der Waals surface area contributed by atoms with Gasteiger partial charge in [0, 0.05) is 18.5 Å². The number of hydrogen-bond acceptors (Lipinski definition) is 4. The SMILES string of the molecule is COC(=O)CCCCCCCCn1nc(-c2ccccc2)n(-c2ccccc2)c1=O. The Morgan fingerprint density at radius 2 is 1.47 bits per heavy atom. The van der Waals surface area contributed by atoms with E-state index in [-0.39, 0.29) is 11.7 Å². The standard InChI is InChI=1S/C24H29N3O3/c1-30-22(28)18-12-4-2-3-5-13-19-26-24(29)27(21-16-10-7-11-17-21)23(25-26)20-14-8-6-9-15-20/h6-11,14-17H,2-5,12-13,18-19H2,1H3. The summed E-state index contributed by atoms with van der Waals surface area (Å²) in [6, 6.07) is 19.4. The molecule has 0 bridgehead atoms. The Hall–Kier alpha value is -3.15. The van der Waals surface area contributed by atoms with Crippen LogP contribution in [0.15, 0.2) is 65.5 Å². The number of para-hydroxylation sites is 1. The van der Waals surface area contributed by atoms with Gasteiger partial charge in [0.1, 0.15) is 0 Å². The highest BCUT2D eigenvalue weighted by atomic mass is 16.5. The van der Waals surface area contributed by atoms with E-state index in [1.807, 2.05) is 60.7 Å². The molecule has 1 heterocycles. The van der Waals surface area contributed by atoms with Crippen LogP contribution in [-0.2, 0) is 16.1 Å². The molecule has 0 N–H and O–H groups in total. The zero-order valence-electron chi connectivity index (χ0n) is 17.5. The Morgan fingerprint density at radius 3 is 2.13 bits per heavy atom. The highest BCUT2D eigenvalue weighted by molar-refractivity contribution is 5.68. The normalized spacial score (nSPS) is 10.8. The number of hydrogen-bond donors (Lipinski definition) is 0. The van der Waals surface area contributed by atoms with Crippen molar-refractivity contribution in [1.82, 2.24) is 14.3 Å². The molecule has 0 atom stereocenters. The van der Waals surface area contributed by atoms with E-state index in [4.69, 9.17) is 0 Å². The van der Waals surface area contributed by atoms with Gasteiger partial charge in [-0.2, -0.15) is 0 Å². The van der Waals surface area contributed by atoms with Crippen molar-refractivity contribution in [3.63, 3.8) is 0 Å². The van der Waals surface area contributed by atoms with E-state index in [1.165, 1.54) is 7.11 Å². The molecule has 1 aromatic heterocycles. The van der Waals surface area contributed by atoms with Crippen LogP contribution in [0.25, 0.3) is 17.1 Å². The highest BCUT2D eigenvalue weighted by Crippen LogP contribution is 2.19. The number of aromatic nitrogens is 3. The lowest BCUT2D eigenvalue weighted by Gasteiger charge is -2.05. The van der Waals surface area contributed by atoms with Crippen molar-refractivity contribution in [1.29, 1.82) is 0 Å². The molecule has 3 rings (SSSR count). The van der Waals surface area contributed by atoms with Crippen molar-refractivity contribution in [2.24, 2.45) is 0 Å². The predicted molar refractivity (Wildman–Crippen MR) is 118 cm³/mol. The molecule has 30 heavy (non-hydrogen) atoms. The van der Waals surface area contributed by atoms with Gasteiger partial charge >= 0.3 is 11.7 Å². The molecule has 158 valence electrons. The Morgan fingerprint density at radius 1 is 0.867 bits per heavy atom. The first-order valence-electron chi connectivity index (χ1n) is 10.6. The summed E-state index contributed by atoms with van der Waals surface area (Å²) >= 11 is 0. The van der Waals surface area contributed by atoms with Gasteiger partial charge in [-0.3, -0.25) is 4.79 Å². The summed E-state index contributed by atoms with van der Waals surface area (Å²) < 4.78 is 7.91. The van der Waals surface area contributed by atoms with E-state index < -0.39 is 0 Å². The molecule has 0 aliphatic rings. The lowest BCUT2D eigenvalue weighted by molar-refractivity contribution is -0.140. The van der Waals surface area contributed by atoms with Crippen molar-refractivity contribution in [3.05, 3.63) is 71.1 Å². The summed E-state index contributed by atoms with van der Waals surface area (Å²) in [7, 11) is 1.42. The quantitative estimate of drug-likeness (QED) is 0.344. The van der Waals surface area contributed by atoms with Crippen molar-refractivity contribution < 1.29 is 9.53 Å². The Balaban J connectivity index is 1.62. The molecule has 0 aliphatic carbocycles. The molecule has 0 spiro atoms. The van der Waals surface area contributed by atoms with Crippen LogP contribution in [0.4, 0.5) is 0 Å². The summed E-state index contributed by atoms with van der Waals surface area (Å²) in [6.45, 7) is 0.598. The molecule has 0 unspecified atom stereocenters. The molecule has 6 nitrogen and oxygen atoms in total. The maximum atomic E-state index is 13.1. The van der Waals surface area contributed by atoms with Crippen LogP contribution in [-0.4, -0.2) is 27.4 Å². The number of carbonyl (C=O) groups is 1. The third-order valence-corrected chi connectivity index (χ3v) is 5.11. The number of methoxy groups -OCH3 is 1. The third kappa shape index (κ3) is 5.69. The summed E-state index contributed by atoms with van der Waals surface area (Å²) in [5.41, 5.74) is 1.62. The number of aryl methyl sites for hydroxylation is 1. The minimum Gasteiger partial charge on any atom is -0.469 e. The van der Waals surface area contributed by atoms with Crippen molar-refractivity contribution in [2.75, 3.05) is 7.11 Å². The fraction of sp³-hybridized carbons (Fsp3) is 0.375. The van der Waals surface area contributed by atoms with Gasteiger partial charge in [0.2, 0.25) is 0 Å². The molecule has 0 fully saturated rings. The number of nitrogens with zero attached hydrogens (tertiary/aromatic N) is 3. The van der Waals surface area contributed by atoms with E-state index in [1.54, 1.807) is 9.25 Å². The van der Waals surface area contributed by atoms with Gasteiger partial charge in [0.25, 0.3) is 0 Å². The van der Waals surface area contributed by atoms with Crippen LogP contribution in [0, 0.1) is 0 Å². The Kier molecular flexibility index (Phi) is 8.01. The largest absolute Gasteiger partial charge is 0.469 e. The first-order valence-corrected chi connectivity index (χ1v) is 10.6. The maximum Gasteiger partial charge on any atom is 0.350 e. The minimum atomic E-state index is -0.141. The fourth-order valence-electron chi connectivity index (χ4n) is 3.48. The monoisotopic (exact) mass is 407 g/mol. The van der Waals surface area contributed by atoms with Crippen LogP contribution < -0.4 is 5.69 Å². The number of rotatable bonds is 11. The number of ether oxygens (including phenoxy) is 1. The second-order valence-corrected chi connectivity index (χ2v) is 7.31. The van der Waals surface area contributed by atoms with Crippen LogP contribution >= 0.6 is 0 Å². The summed E-state index contributed by atoms with van der Waals surface area (Å²) in [5.74, 6) is 0.521. The van der Waals surface area contributed by atoms with Gasteiger partial charge in [0.15, 0.2) is 5.82 Å². The Labute approximate surface area is 177 Å². The second-order valence-electron chi connectivity index (χ2n) is 7.31. The molecule has 2 aromatic carbocycles. The van der Waals surface area contributed by atoms with Gasteiger partial charge in [-0.15, -0.1) is 5.10 Å². The topological polar surface area (TPSA) is 66.1 Å². The number of esters is 1. The van der Waals surface area contributed by atoms with Crippen molar-refractivity contribution in [2.45, 2.75) is 51.5 Å². The lowest BCUT2D eigenvalue weighted by Crippen LogP contribution is -2.24. The van der Waals surface area contributed by atoms with Crippen molar-refractivity contribution >= 4 is 5.97 Å². The summed E-state index contributed by atoms with van der Waals surface area (Å²) in [4.78, 5) is 24.2. The van der Waals surface area contributed by atoms with E-state index in [0.29, 0.717) is 18.8 Å². The van der Waals surface area contributed by atoms with Crippen LogP contribution in [0.1, 0.15) is 44.9 Å². The summed E-state index contributed by atoms with van der Waals surface area (Å²) in [5, 5.41) is 4.65. The molecule has 0 radical (unpaired) electrons. The van der Waals surface area contributed by atoms with Crippen LogP contribution in [0.5, 0.6) is 0 Å². The van der Waals surface area contributed by atoms with Crippen LogP contribution in [0.2, 0.25) is 0 Å². The molecule has 0 amide bonds. The van der Waals surface area contributed by atoms with Gasteiger partial charge in [-0.1, -0.05) is 74.2 Å². The van der Waals surface area contributed by atoms with Crippen LogP contribution in [0.3, 0.4) is 0 Å². The maximum absolute atomic E-state index is 13.1. The average molecular weight is 408 g/mol. The van der Waals surface area contributed by atoms with Crippen molar-refractivity contribution in [3.8, 4) is 17.1 Å². The smallest absolute Gasteiger partial charge is 0.350 e. The first-order chi connectivity index (χ1) is 14.7. The molecule has 6 heteroatoms. The minimum absolute atomic E-state index is 0.113. The van der Waals surface area contributed by atoms with E-state index in [2.05, 4.69) is 9.84 Å². The van der Waals surface area contributed by atoms with Gasteiger partial charge in [-0.25, -0.2) is 14.0 Å². The van der Waals surface area contributed by atoms with Gasteiger partial charge in [-0.05, 0) is 25.0 Å². The molecular weight excluding hydrogens is 378 g/mol. The highest BCUT2D eigenvalue weighted by Gasteiger charge is 2.16. The van der Waals surface area contributed by atoms with Gasteiger partial charge in [0.05, 0.1) is 12.8 Å². The molecule has 0 aliphatic heterocycles. The van der Waals surface area contributed by atoms with E-state index in [9.17, 15) is 9.59 Å². The predicted octanol–water partition coefficient (Wildman–Crippen LogP) is 4.60. The molecule has 3 aromatic rings. The number of unbranched alkanes of at least 4 members (excludes halogenated alkanes) is 5. The van der Waals surface area contributed by atoms with E-state index >= 15 is 0 Å². The lowest BCUT2D eigenvalue weighted by atomic mass is 10.1. The van der Waals surface area contributed by atoms with Gasteiger partial charge < -0.3 is 4.74 Å². The average Bonchev–Trinajstić information content (AvgIpc) is 3.12. The fourth-order valence-corrected chi connectivity index (χ4v) is 3.48. The Bertz CT molecular complexity index is 978. The number of benzene rings is 2. The molecular formula is C24H29N3O3. The molecule has 0 saturated heterocycles.